The highest BCUT2D eigenvalue weighted by molar-refractivity contribution is 5.76. The first-order chi connectivity index (χ1) is 42.0. The van der Waals surface area contributed by atoms with E-state index in [1.807, 2.05) is 6.08 Å². The summed E-state index contributed by atoms with van der Waals surface area (Å²) in [6.07, 6.45) is 95.9. The van der Waals surface area contributed by atoms with E-state index in [2.05, 4.69) is 31.3 Å². The molecule has 2 unspecified atom stereocenters. The van der Waals surface area contributed by atoms with E-state index >= 15 is 0 Å². The first-order valence-corrected chi connectivity index (χ1v) is 39.1. The normalized spacial score (nSPS) is 12.6. The van der Waals surface area contributed by atoms with Crippen LogP contribution in [0.25, 0.3) is 0 Å². The van der Waals surface area contributed by atoms with Gasteiger partial charge in [-0.1, -0.05) is 398 Å². The van der Waals surface area contributed by atoms with E-state index in [1.54, 1.807) is 6.08 Å². The molecular formula is C79H153NO5. The van der Waals surface area contributed by atoms with Crippen LogP contribution in [0.4, 0.5) is 0 Å². The number of unbranched alkanes of at least 4 members (excludes halogenated alkanes) is 61. The second kappa shape index (κ2) is 74.8. The molecule has 3 N–H and O–H groups in total. The summed E-state index contributed by atoms with van der Waals surface area (Å²) < 4.78 is 5.50. The van der Waals surface area contributed by atoms with Crippen molar-refractivity contribution in [3.63, 3.8) is 0 Å². The van der Waals surface area contributed by atoms with E-state index in [4.69, 9.17) is 4.74 Å². The van der Waals surface area contributed by atoms with E-state index in [9.17, 15) is 19.8 Å². The fourth-order valence-corrected chi connectivity index (χ4v) is 12.5. The lowest BCUT2D eigenvalue weighted by molar-refractivity contribution is -0.143. The lowest BCUT2D eigenvalue weighted by atomic mass is 10.0. The lowest BCUT2D eigenvalue weighted by Gasteiger charge is -2.20. The van der Waals surface area contributed by atoms with E-state index in [-0.39, 0.29) is 18.5 Å². The van der Waals surface area contributed by atoms with E-state index in [0.29, 0.717) is 19.4 Å². The number of allylic oxidation sites excluding steroid dienone is 3. The predicted molar refractivity (Wildman–Crippen MR) is 375 cm³/mol. The molecule has 0 heterocycles. The van der Waals surface area contributed by atoms with Gasteiger partial charge in [-0.15, -0.1) is 0 Å². The molecule has 6 nitrogen and oxygen atoms in total. The summed E-state index contributed by atoms with van der Waals surface area (Å²) in [6, 6.07) is -0.624. The van der Waals surface area contributed by atoms with E-state index in [1.165, 1.54) is 372 Å². The highest BCUT2D eigenvalue weighted by atomic mass is 16.5. The highest BCUT2D eigenvalue weighted by Crippen LogP contribution is 2.20. The van der Waals surface area contributed by atoms with Gasteiger partial charge in [-0.2, -0.15) is 0 Å². The minimum absolute atomic E-state index is 0.0158. The number of aliphatic hydroxyl groups is 2. The molecule has 0 aliphatic rings. The molecule has 0 aliphatic carbocycles. The number of carbonyl (C=O) groups excluding carboxylic acids is 2. The third-order valence-corrected chi connectivity index (χ3v) is 18.5. The number of carbonyl (C=O) groups is 2. The Morgan fingerprint density at radius 3 is 0.835 bits per heavy atom. The third kappa shape index (κ3) is 71.3. The van der Waals surface area contributed by atoms with Crippen molar-refractivity contribution in [2.45, 2.75) is 456 Å². The third-order valence-electron chi connectivity index (χ3n) is 18.5. The minimum atomic E-state index is -0.841. The van der Waals surface area contributed by atoms with Crippen molar-refractivity contribution in [3.05, 3.63) is 24.3 Å². The topological polar surface area (TPSA) is 95.9 Å². The molecule has 0 spiro atoms. The van der Waals surface area contributed by atoms with Gasteiger partial charge in [0.1, 0.15) is 0 Å². The fraction of sp³-hybridized carbons (Fsp3) is 0.924. The standard InChI is InChI=1S/C79H153NO5/c1-3-5-7-9-11-13-15-17-19-40-43-47-51-55-59-63-67-71-77(82)76(75-81)80-78(83)72-68-64-60-56-52-48-44-41-38-36-34-32-30-28-26-24-22-21-23-25-27-29-31-33-35-37-39-42-46-50-54-58-62-66-70-74-85-79(84)73-69-65-61-57-53-49-45-20-18-16-14-12-10-8-6-4-2/h20,45,67,71,76-77,81-82H,3-19,21-44,46-66,68-70,72-75H2,1-2H3,(H,80,83)/b45-20-,71-67+. The van der Waals surface area contributed by atoms with Crippen LogP contribution in [-0.2, 0) is 14.3 Å². The predicted octanol–water partition coefficient (Wildman–Crippen LogP) is 25.7. The van der Waals surface area contributed by atoms with Crippen molar-refractivity contribution >= 4 is 11.9 Å². The Bertz CT molecular complexity index is 1330. The number of rotatable bonds is 74. The van der Waals surface area contributed by atoms with Gasteiger partial charge in [-0.25, -0.2) is 0 Å². The zero-order valence-corrected chi connectivity index (χ0v) is 57.9. The smallest absolute Gasteiger partial charge is 0.305 e. The molecule has 504 valence electrons. The molecule has 2 atom stereocenters. The van der Waals surface area contributed by atoms with Gasteiger partial charge in [0.05, 0.1) is 25.4 Å². The summed E-state index contributed by atoms with van der Waals surface area (Å²) in [5, 5.41) is 23.2. The van der Waals surface area contributed by atoms with Gasteiger partial charge in [-0.3, -0.25) is 9.59 Å². The summed E-state index contributed by atoms with van der Waals surface area (Å²) in [4.78, 5) is 24.6. The van der Waals surface area contributed by atoms with Crippen LogP contribution in [0, 0.1) is 0 Å². The average Bonchev–Trinajstić information content (AvgIpc) is 3.50. The van der Waals surface area contributed by atoms with Crippen molar-refractivity contribution in [1.82, 2.24) is 5.32 Å². The minimum Gasteiger partial charge on any atom is -0.466 e. The van der Waals surface area contributed by atoms with Crippen LogP contribution in [-0.4, -0.2) is 47.4 Å². The lowest BCUT2D eigenvalue weighted by Crippen LogP contribution is -2.45. The van der Waals surface area contributed by atoms with Crippen molar-refractivity contribution in [3.8, 4) is 0 Å². The average molecular weight is 1200 g/mol. The molecule has 0 aromatic carbocycles. The molecule has 0 aromatic rings. The maximum Gasteiger partial charge on any atom is 0.305 e. The highest BCUT2D eigenvalue weighted by Gasteiger charge is 2.18. The Morgan fingerprint density at radius 1 is 0.318 bits per heavy atom. The maximum absolute atomic E-state index is 12.5. The largest absolute Gasteiger partial charge is 0.466 e. The maximum atomic E-state index is 12.5. The van der Waals surface area contributed by atoms with Crippen LogP contribution < -0.4 is 5.32 Å². The van der Waals surface area contributed by atoms with Gasteiger partial charge in [0.15, 0.2) is 0 Å². The van der Waals surface area contributed by atoms with Crippen LogP contribution in [0.2, 0.25) is 0 Å². The van der Waals surface area contributed by atoms with Gasteiger partial charge in [0.25, 0.3) is 0 Å². The zero-order chi connectivity index (χ0) is 61.3. The van der Waals surface area contributed by atoms with Crippen LogP contribution in [0.1, 0.15) is 444 Å². The number of aliphatic hydroxyl groups excluding tert-OH is 2. The number of amides is 1. The molecule has 0 aromatic heterocycles. The summed E-state index contributed by atoms with van der Waals surface area (Å²) >= 11 is 0. The molecule has 0 aliphatic heterocycles. The molecule has 1 amide bonds. The van der Waals surface area contributed by atoms with Crippen molar-refractivity contribution in [2.24, 2.45) is 0 Å². The van der Waals surface area contributed by atoms with Gasteiger partial charge in [0.2, 0.25) is 5.91 Å². The molecule has 0 radical (unpaired) electrons. The molecule has 0 fully saturated rings. The van der Waals surface area contributed by atoms with Crippen molar-refractivity contribution < 1.29 is 24.5 Å². The summed E-state index contributed by atoms with van der Waals surface area (Å²) in [7, 11) is 0. The summed E-state index contributed by atoms with van der Waals surface area (Å²) in [5.74, 6) is -0.0431. The molecular weight excluding hydrogens is 1040 g/mol. The molecule has 0 bridgehead atoms. The van der Waals surface area contributed by atoms with Crippen LogP contribution in [0.3, 0.4) is 0 Å². The summed E-state index contributed by atoms with van der Waals surface area (Å²) in [6.45, 7) is 4.95. The second-order valence-corrected chi connectivity index (χ2v) is 27.0. The Balaban J connectivity index is 3.32. The van der Waals surface area contributed by atoms with Gasteiger partial charge >= 0.3 is 5.97 Å². The fourth-order valence-electron chi connectivity index (χ4n) is 12.5. The number of hydrogen-bond acceptors (Lipinski definition) is 5. The number of nitrogens with one attached hydrogen (secondary N) is 1. The van der Waals surface area contributed by atoms with E-state index in [0.717, 1.165) is 44.9 Å². The Labute approximate surface area is 532 Å². The number of esters is 1. The quantitative estimate of drug-likeness (QED) is 0.0320. The second-order valence-electron chi connectivity index (χ2n) is 27.0. The Morgan fingerprint density at radius 2 is 0.553 bits per heavy atom. The molecule has 0 saturated carbocycles. The molecule has 0 saturated heterocycles. The van der Waals surface area contributed by atoms with Crippen molar-refractivity contribution in [2.75, 3.05) is 13.2 Å². The summed E-state index contributed by atoms with van der Waals surface area (Å²) in [5.41, 5.74) is 0. The Hall–Kier alpha value is -1.66. The SMILES string of the molecule is CCCCCCCCC/C=C\CCCCCCCC(=O)OCCCCCCCCCCCCCCCCCCCCCCCCCCCCCCCCCCCCCC(=O)NC(CO)C(O)/C=C/CCCCCCCCCCCCCCCCC. The van der Waals surface area contributed by atoms with Gasteiger partial charge in [0, 0.05) is 12.8 Å². The van der Waals surface area contributed by atoms with Crippen LogP contribution >= 0.6 is 0 Å². The van der Waals surface area contributed by atoms with E-state index < -0.39 is 12.1 Å². The number of ether oxygens (including phenoxy) is 1. The van der Waals surface area contributed by atoms with Crippen LogP contribution in [0.5, 0.6) is 0 Å². The Kier molecular flexibility index (Phi) is 73.3. The number of hydrogen-bond donors (Lipinski definition) is 3. The van der Waals surface area contributed by atoms with Crippen LogP contribution in [0.15, 0.2) is 24.3 Å². The van der Waals surface area contributed by atoms with Gasteiger partial charge in [-0.05, 0) is 57.8 Å². The van der Waals surface area contributed by atoms with Crippen molar-refractivity contribution in [1.29, 1.82) is 0 Å². The molecule has 6 heteroatoms. The first kappa shape index (κ1) is 83.3. The van der Waals surface area contributed by atoms with Gasteiger partial charge < -0.3 is 20.3 Å². The molecule has 85 heavy (non-hydrogen) atoms. The first-order valence-electron chi connectivity index (χ1n) is 39.1. The monoisotopic (exact) mass is 1200 g/mol. The zero-order valence-electron chi connectivity index (χ0n) is 57.9. The molecule has 0 rings (SSSR count).